The summed E-state index contributed by atoms with van der Waals surface area (Å²) in [5, 5.41) is 3.08. The van der Waals surface area contributed by atoms with Gasteiger partial charge in [0.25, 0.3) is 0 Å². The molecule has 0 spiro atoms. The van der Waals surface area contributed by atoms with Crippen molar-refractivity contribution < 1.29 is 4.79 Å². The Hall–Kier alpha value is -1.84. The Morgan fingerprint density at radius 3 is 1.82 bits per heavy atom. The molecule has 1 amide bonds. The molecule has 1 N–H and O–H groups in total. The Labute approximate surface area is 209 Å². The first-order valence-electron chi connectivity index (χ1n) is 14.4. The average molecular weight is 470 g/mol. The monoisotopic (exact) mass is 469 g/mol. The summed E-state index contributed by atoms with van der Waals surface area (Å²) in [6, 6.07) is 8.26. The number of aryl methyl sites for hydroxylation is 1. The summed E-state index contributed by atoms with van der Waals surface area (Å²) in [6.07, 6.45) is 22.7. The predicted molar refractivity (Wildman–Crippen MR) is 146 cm³/mol. The first kappa shape index (κ1) is 28.4. The number of carbonyl (C=O) groups excluding carboxylic acids is 1. The second-order valence-electron chi connectivity index (χ2n) is 10.1. The van der Waals surface area contributed by atoms with Gasteiger partial charge in [0, 0.05) is 13.0 Å². The highest BCUT2D eigenvalue weighted by molar-refractivity contribution is 5.77. The van der Waals surface area contributed by atoms with Crippen LogP contribution in [0.25, 0.3) is 11.0 Å². The number of para-hydroxylation sites is 2. The lowest BCUT2D eigenvalue weighted by atomic mass is 10.0. The number of nitrogens with zero attached hydrogens (tertiary/aromatic N) is 2. The van der Waals surface area contributed by atoms with Crippen LogP contribution < -0.4 is 5.32 Å². The molecule has 0 bridgehead atoms. The molecule has 192 valence electrons. The molecule has 1 heterocycles. The first-order valence-corrected chi connectivity index (χ1v) is 14.4. The molecule has 0 aliphatic heterocycles. The third-order valence-electron chi connectivity index (χ3n) is 7.01. The zero-order valence-corrected chi connectivity index (χ0v) is 22.4. The van der Waals surface area contributed by atoms with E-state index in [1.54, 1.807) is 0 Å². The summed E-state index contributed by atoms with van der Waals surface area (Å²) >= 11 is 0. The Morgan fingerprint density at radius 2 is 1.29 bits per heavy atom. The lowest BCUT2D eigenvalue weighted by Crippen LogP contribution is -2.28. The number of benzene rings is 1. The van der Waals surface area contributed by atoms with Gasteiger partial charge in [0.05, 0.1) is 17.1 Å². The second kappa shape index (κ2) is 17.6. The number of rotatable bonds is 20. The van der Waals surface area contributed by atoms with E-state index in [1.807, 2.05) is 19.9 Å². The van der Waals surface area contributed by atoms with E-state index in [1.165, 1.54) is 108 Å². The summed E-state index contributed by atoms with van der Waals surface area (Å²) < 4.78 is 2.32. The third-order valence-corrected chi connectivity index (χ3v) is 7.01. The number of imidazole rings is 1. The molecular formula is C30H51N3O. The van der Waals surface area contributed by atoms with Crippen LogP contribution in [0.3, 0.4) is 0 Å². The molecule has 2 rings (SSSR count). The lowest BCUT2D eigenvalue weighted by molar-refractivity contribution is -0.121. The van der Waals surface area contributed by atoms with Crippen LogP contribution >= 0.6 is 0 Å². The molecule has 1 aromatic heterocycles. The second-order valence-corrected chi connectivity index (χ2v) is 10.1. The molecule has 4 heteroatoms. The van der Waals surface area contributed by atoms with E-state index in [4.69, 9.17) is 4.98 Å². The van der Waals surface area contributed by atoms with Crippen molar-refractivity contribution in [3.8, 4) is 0 Å². The van der Waals surface area contributed by atoms with Gasteiger partial charge in [-0.3, -0.25) is 4.79 Å². The van der Waals surface area contributed by atoms with Crippen LogP contribution in [0, 0.1) is 0 Å². The zero-order valence-electron chi connectivity index (χ0n) is 22.4. The lowest BCUT2D eigenvalue weighted by Gasteiger charge is -2.16. The number of nitrogens with one attached hydrogen (secondary N) is 1. The van der Waals surface area contributed by atoms with Crippen LogP contribution in [0.4, 0.5) is 0 Å². The molecule has 34 heavy (non-hydrogen) atoms. The van der Waals surface area contributed by atoms with Crippen LogP contribution in [0.5, 0.6) is 0 Å². The average Bonchev–Trinajstić information content (AvgIpc) is 3.22. The number of fused-ring (bicyclic) bond motifs is 1. The van der Waals surface area contributed by atoms with Crippen LogP contribution in [0.2, 0.25) is 0 Å². The van der Waals surface area contributed by atoms with Crippen molar-refractivity contribution in [1.29, 1.82) is 0 Å². The summed E-state index contributed by atoms with van der Waals surface area (Å²) in [4.78, 5) is 16.7. The summed E-state index contributed by atoms with van der Waals surface area (Å²) in [5.74, 6) is 1.05. The van der Waals surface area contributed by atoms with Gasteiger partial charge >= 0.3 is 0 Å². The third kappa shape index (κ3) is 10.6. The van der Waals surface area contributed by atoms with E-state index < -0.39 is 0 Å². The number of carbonyl (C=O) groups is 1. The molecule has 0 aliphatic rings. The van der Waals surface area contributed by atoms with Gasteiger partial charge in [0.15, 0.2) is 0 Å². The summed E-state index contributed by atoms with van der Waals surface area (Å²) in [5.41, 5.74) is 2.20. The van der Waals surface area contributed by atoms with Crippen LogP contribution in [-0.2, 0) is 11.3 Å². The van der Waals surface area contributed by atoms with Gasteiger partial charge in [-0.2, -0.15) is 0 Å². The summed E-state index contributed by atoms with van der Waals surface area (Å²) in [6.45, 7) is 7.19. The Bertz CT molecular complexity index is 797. The van der Waals surface area contributed by atoms with E-state index in [0.29, 0.717) is 6.42 Å². The molecular weight excluding hydrogens is 418 g/mol. The van der Waals surface area contributed by atoms with Crippen LogP contribution in [0.1, 0.15) is 142 Å². The SMILES string of the molecule is CCCCCCCCCCCCCCCCCCn1c(C(C)NC(=O)CC)nc2ccccc21. The van der Waals surface area contributed by atoms with Gasteiger partial charge in [-0.05, 0) is 25.5 Å². The predicted octanol–water partition coefficient (Wildman–Crippen LogP) is 8.89. The molecule has 4 nitrogen and oxygen atoms in total. The maximum atomic E-state index is 11.9. The molecule has 0 saturated heterocycles. The highest BCUT2D eigenvalue weighted by Crippen LogP contribution is 2.22. The van der Waals surface area contributed by atoms with Crippen molar-refractivity contribution in [2.75, 3.05) is 0 Å². The largest absolute Gasteiger partial charge is 0.346 e. The van der Waals surface area contributed by atoms with Crippen molar-refractivity contribution in [3.05, 3.63) is 30.1 Å². The van der Waals surface area contributed by atoms with Gasteiger partial charge in [0.1, 0.15) is 5.82 Å². The van der Waals surface area contributed by atoms with Crippen molar-refractivity contribution in [2.24, 2.45) is 0 Å². The molecule has 0 fully saturated rings. The van der Waals surface area contributed by atoms with E-state index in [2.05, 4.69) is 35.0 Å². The number of aromatic nitrogens is 2. The Balaban J connectivity index is 1.58. The fourth-order valence-corrected chi connectivity index (χ4v) is 4.89. The van der Waals surface area contributed by atoms with Gasteiger partial charge in [-0.15, -0.1) is 0 Å². The topological polar surface area (TPSA) is 46.9 Å². The minimum Gasteiger partial charge on any atom is -0.346 e. The zero-order chi connectivity index (χ0) is 24.4. The van der Waals surface area contributed by atoms with Crippen molar-refractivity contribution >= 4 is 16.9 Å². The van der Waals surface area contributed by atoms with Gasteiger partial charge in [0.2, 0.25) is 5.91 Å². The van der Waals surface area contributed by atoms with Crippen LogP contribution in [0.15, 0.2) is 24.3 Å². The Kier molecular flexibility index (Phi) is 14.7. The fourth-order valence-electron chi connectivity index (χ4n) is 4.89. The van der Waals surface area contributed by atoms with Crippen molar-refractivity contribution in [3.63, 3.8) is 0 Å². The molecule has 2 aromatic rings. The Morgan fingerprint density at radius 1 is 0.794 bits per heavy atom. The van der Waals surface area contributed by atoms with E-state index in [0.717, 1.165) is 17.9 Å². The quantitative estimate of drug-likeness (QED) is 0.197. The van der Waals surface area contributed by atoms with Gasteiger partial charge < -0.3 is 9.88 Å². The highest BCUT2D eigenvalue weighted by Gasteiger charge is 2.17. The fraction of sp³-hybridized carbons (Fsp3) is 0.733. The molecule has 1 atom stereocenters. The van der Waals surface area contributed by atoms with Gasteiger partial charge in [-0.1, -0.05) is 122 Å². The van der Waals surface area contributed by atoms with Crippen molar-refractivity contribution in [1.82, 2.24) is 14.9 Å². The minimum atomic E-state index is -0.0686. The molecule has 0 radical (unpaired) electrons. The van der Waals surface area contributed by atoms with E-state index in [-0.39, 0.29) is 11.9 Å². The number of hydrogen-bond donors (Lipinski definition) is 1. The van der Waals surface area contributed by atoms with E-state index in [9.17, 15) is 4.79 Å². The molecule has 0 saturated carbocycles. The highest BCUT2D eigenvalue weighted by atomic mass is 16.1. The normalized spacial score (nSPS) is 12.3. The number of amides is 1. The van der Waals surface area contributed by atoms with Gasteiger partial charge in [-0.25, -0.2) is 4.98 Å². The minimum absolute atomic E-state index is 0.0686. The molecule has 1 aromatic carbocycles. The number of hydrogen-bond acceptors (Lipinski definition) is 2. The first-order chi connectivity index (χ1) is 16.7. The standard InChI is InChI=1S/C30H51N3O/c1-4-6-7-8-9-10-11-12-13-14-15-16-17-18-19-22-25-33-28-24-21-20-23-27(28)32-30(33)26(3)31-29(34)5-2/h20-21,23-24,26H,4-19,22,25H2,1-3H3,(H,31,34). The van der Waals surface area contributed by atoms with Crippen LogP contribution in [-0.4, -0.2) is 15.5 Å². The molecule has 0 aliphatic carbocycles. The van der Waals surface area contributed by atoms with Crippen molar-refractivity contribution in [2.45, 2.75) is 143 Å². The number of unbranched alkanes of at least 4 members (excludes halogenated alkanes) is 15. The smallest absolute Gasteiger partial charge is 0.220 e. The van der Waals surface area contributed by atoms with E-state index >= 15 is 0 Å². The maximum Gasteiger partial charge on any atom is 0.220 e. The molecule has 1 unspecified atom stereocenters. The maximum absolute atomic E-state index is 11.9. The summed E-state index contributed by atoms with van der Waals surface area (Å²) in [7, 11) is 0.